The van der Waals surface area contributed by atoms with E-state index in [1.165, 1.54) is 0 Å². The third-order valence-corrected chi connectivity index (χ3v) is 4.53. The van der Waals surface area contributed by atoms with Gasteiger partial charge in [-0.25, -0.2) is 0 Å². The van der Waals surface area contributed by atoms with Crippen molar-refractivity contribution in [1.82, 2.24) is 0 Å². The summed E-state index contributed by atoms with van der Waals surface area (Å²) in [5.41, 5.74) is 0. The number of thioether (sulfide) groups is 2. The van der Waals surface area contributed by atoms with Crippen LogP contribution in [-0.2, 0) is 0 Å². The van der Waals surface area contributed by atoms with Crippen LogP contribution in [-0.4, -0.2) is 4.58 Å². The second-order valence-corrected chi connectivity index (χ2v) is 4.91. The molecule has 0 saturated carbocycles. The standard InChI is InChI=1S/C8H8N2S2/c1-6(7(4-9)5-10)8-11-2-3-12-8/h2-3,6-8H,1H3. The van der Waals surface area contributed by atoms with Crippen LogP contribution < -0.4 is 0 Å². The van der Waals surface area contributed by atoms with Crippen molar-refractivity contribution in [1.29, 1.82) is 10.5 Å². The van der Waals surface area contributed by atoms with E-state index in [2.05, 4.69) is 0 Å². The van der Waals surface area contributed by atoms with E-state index in [-0.39, 0.29) is 5.92 Å². The highest BCUT2D eigenvalue weighted by molar-refractivity contribution is 8.22. The lowest BCUT2D eigenvalue weighted by Gasteiger charge is -2.16. The highest BCUT2D eigenvalue weighted by atomic mass is 32.2. The summed E-state index contributed by atoms with van der Waals surface area (Å²) < 4.78 is 0.342. The summed E-state index contributed by atoms with van der Waals surface area (Å²) in [6.45, 7) is 1.95. The Hall–Kier alpha value is -0.580. The van der Waals surface area contributed by atoms with E-state index in [4.69, 9.17) is 10.5 Å². The van der Waals surface area contributed by atoms with Gasteiger partial charge in [0.05, 0.1) is 16.7 Å². The van der Waals surface area contributed by atoms with E-state index in [1.807, 2.05) is 29.9 Å². The van der Waals surface area contributed by atoms with Crippen molar-refractivity contribution < 1.29 is 0 Å². The first-order valence-corrected chi connectivity index (χ1v) is 5.43. The molecule has 1 atom stereocenters. The molecule has 0 aromatic heterocycles. The summed E-state index contributed by atoms with van der Waals surface area (Å²) in [6.07, 6.45) is 0. The number of nitriles is 2. The molecule has 0 aromatic carbocycles. The smallest absolute Gasteiger partial charge is 0.137 e. The van der Waals surface area contributed by atoms with Crippen molar-refractivity contribution in [3.63, 3.8) is 0 Å². The van der Waals surface area contributed by atoms with Gasteiger partial charge in [0.2, 0.25) is 0 Å². The molecular weight excluding hydrogens is 188 g/mol. The number of hydrogen-bond acceptors (Lipinski definition) is 4. The van der Waals surface area contributed by atoms with E-state index >= 15 is 0 Å². The molecule has 1 aliphatic rings. The van der Waals surface area contributed by atoms with Gasteiger partial charge >= 0.3 is 0 Å². The summed E-state index contributed by atoms with van der Waals surface area (Å²) in [4.78, 5) is 0. The normalized spacial score (nSPS) is 19.0. The van der Waals surface area contributed by atoms with Crippen LogP contribution in [0.2, 0.25) is 0 Å². The van der Waals surface area contributed by atoms with E-state index in [0.717, 1.165) is 0 Å². The van der Waals surface area contributed by atoms with Crippen molar-refractivity contribution in [2.75, 3.05) is 0 Å². The monoisotopic (exact) mass is 196 g/mol. The quantitative estimate of drug-likeness (QED) is 0.681. The predicted molar refractivity (Wildman–Crippen MR) is 52.0 cm³/mol. The molecule has 1 rings (SSSR count). The maximum Gasteiger partial charge on any atom is 0.137 e. The zero-order chi connectivity index (χ0) is 8.97. The maximum atomic E-state index is 8.65. The van der Waals surface area contributed by atoms with Crippen LogP contribution in [0.25, 0.3) is 0 Å². The molecule has 1 aliphatic heterocycles. The first kappa shape index (κ1) is 9.51. The lowest BCUT2D eigenvalue weighted by atomic mass is 9.99. The van der Waals surface area contributed by atoms with Gasteiger partial charge in [-0.15, -0.1) is 23.5 Å². The fourth-order valence-electron chi connectivity index (χ4n) is 0.920. The Labute approximate surface area is 80.6 Å². The summed E-state index contributed by atoms with van der Waals surface area (Å²) in [5.74, 6) is -0.347. The largest absolute Gasteiger partial charge is 0.197 e. The molecule has 12 heavy (non-hydrogen) atoms. The first-order valence-electron chi connectivity index (χ1n) is 3.54. The van der Waals surface area contributed by atoms with Gasteiger partial charge in [-0.1, -0.05) is 6.92 Å². The van der Waals surface area contributed by atoms with Crippen molar-refractivity contribution in [2.24, 2.45) is 11.8 Å². The average molecular weight is 196 g/mol. The van der Waals surface area contributed by atoms with Crippen molar-refractivity contribution in [3.8, 4) is 12.1 Å². The van der Waals surface area contributed by atoms with Gasteiger partial charge in [0.1, 0.15) is 5.92 Å². The van der Waals surface area contributed by atoms with Gasteiger partial charge in [0, 0.05) is 5.92 Å². The van der Waals surface area contributed by atoms with Gasteiger partial charge in [-0.05, 0) is 10.8 Å². The molecule has 0 radical (unpaired) electrons. The minimum atomic E-state index is -0.477. The molecular formula is C8H8N2S2. The summed E-state index contributed by atoms with van der Waals surface area (Å²) in [7, 11) is 0. The van der Waals surface area contributed by atoms with Crippen LogP contribution in [0.1, 0.15) is 6.92 Å². The fraction of sp³-hybridized carbons (Fsp3) is 0.500. The first-order chi connectivity index (χ1) is 5.79. The third-order valence-electron chi connectivity index (χ3n) is 1.71. The Bertz CT molecular complexity index is 239. The van der Waals surface area contributed by atoms with Crippen molar-refractivity contribution >= 4 is 23.5 Å². The van der Waals surface area contributed by atoms with E-state index < -0.39 is 5.92 Å². The van der Waals surface area contributed by atoms with Gasteiger partial charge in [-0.3, -0.25) is 0 Å². The minimum Gasteiger partial charge on any atom is -0.197 e. The molecule has 0 spiro atoms. The molecule has 0 N–H and O–H groups in total. The highest BCUT2D eigenvalue weighted by Gasteiger charge is 2.27. The Balaban J connectivity index is 2.53. The van der Waals surface area contributed by atoms with Crippen molar-refractivity contribution in [2.45, 2.75) is 11.5 Å². The van der Waals surface area contributed by atoms with Crippen LogP contribution >= 0.6 is 23.5 Å². The lowest BCUT2D eigenvalue weighted by molar-refractivity contribution is 0.562. The lowest BCUT2D eigenvalue weighted by Crippen LogP contribution is -2.16. The van der Waals surface area contributed by atoms with Crippen LogP contribution in [0.5, 0.6) is 0 Å². The second-order valence-electron chi connectivity index (χ2n) is 2.51. The minimum absolute atomic E-state index is 0.130. The van der Waals surface area contributed by atoms with Crippen LogP contribution in [0.15, 0.2) is 10.8 Å². The second kappa shape index (κ2) is 4.45. The number of nitrogens with zero attached hydrogens (tertiary/aromatic N) is 2. The highest BCUT2D eigenvalue weighted by Crippen LogP contribution is 2.40. The molecule has 62 valence electrons. The topological polar surface area (TPSA) is 47.6 Å². The molecule has 4 heteroatoms. The molecule has 2 nitrogen and oxygen atoms in total. The van der Waals surface area contributed by atoms with Gasteiger partial charge in [-0.2, -0.15) is 10.5 Å². The molecule has 1 unspecified atom stereocenters. The zero-order valence-corrected chi connectivity index (χ0v) is 8.23. The van der Waals surface area contributed by atoms with E-state index in [1.54, 1.807) is 23.5 Å². The molecule has 0 aliphatic carbocycles. The van der Waals surface area contributed by atoms with E-state index in [9.17, 15) is 0 Å². The van der Waals surface area contributed by atoms with E-state index in [0.29, 0.717) is 4.58 Å². The number of rotatable bonds is 2. The average Bonchev–Trinajstić information content (AvgIpc) is 2.58. The molecule has 1 heterocycles. The Morgan fingerprint density at radius 3 is 2.17 bits per heavy atom. The fourth-order valence-corrected chi connectivity index (χ4v) is 3.19. The SMILES string of the molecule is CC(C(C#N)C#N)C1SC=CS1. The Kier molecular flexibility index (Phi) is 3.52. The van der Waals surface area contributed by atoms with Gasteiger partial charge < -0.3 is 0 Å². The maximum absolute atomic E-state index is 8.65. The summed E-state index contributed by atoms with van der Waals surface area (Å²) in [6, 6.07) is 4.03. The van der Waals surface area contributed by atoms with Crippen LogP contribution in [0, 0.1) is 34.5 Å². The molecule has 0 saturated heterocycles. The Morgan fingerprint density at radius 2 is 1.75 bits per heavy atom. The number of hydrogen-bond donors (Lipinski definition) is 0. The van der Waals surface area contributed by atoms with Crippen LogP contribution in [0.4, 0.5) is 0 Å². The Morgan fingerprint density at radius 1 is 1.25 bits per heavy atom. The van der Waals surface area contributed by atoms with Gasteiger partial charge in [0.15, 0.2) is 0 Å². The molecule has 0 amide bonds. The molecule has 0 aromatic rings. The predicted octanol–water partition coefficient (Wildman–Crippen LogP) is 2.56. The molecule has 0 bridgehead atoms. The van der Waals surface area contributed by atoms with Crippen LogP contribution in [0.3, 0.4) is 0 Å². The molecule has 0 fully saturated rings. The zero-order valence-electron chi connectivity index (χ0n) is 6.60. The van der Waals surface area contributed by atoms with Crippen molar-refractivity contribution in [3.05, 3.63) is 10.8 Å². The summed E-state index contributed by atoms with van der Waals surface area (Å²) >= 11 is 3.38. The third kappa shape index (κ3) is 1.97. The van der Waals surface area contributed by atoms with Gasteiger partial charge in [0.25, 0.3) is 0 Å². The summed E-state index contributed by atoms with van der Waals surface area (Å²) in [5, 5.41) is 21.3.